The van der Waals surface area contributed by atoms with Crippen LogP contribution in [0, 0.1) is 0 Å². The maximum Gasteiger partial charge on any atom is 0.237 e. The number of amides is 1. The highest BCUT2D eigenvalue weighted by Gasteiger charge is 2.20. The van der Waals surface area contributed by atoms with Crippen molar-refractivity contribution in [2.75, 3.05) is 26.3 Å². The fraction of sp³-hybridized carbons (Fsp3) is 0.562. The number of rotatable bonds is 8. The second-order valence-corrected chi connectivity index (χ2v) is 5.14. The molecule has 0 bridgehead atoms. The molecule has 1 aliphatic heterocycles. The highest BCUT2D eigenvalue weighted by molar-refractivity contribution is 5.81. The van der Waals surface area contributed by atoms with Crippen LogP contribution in [0.3, 0.4) is 0 Å². The molecule has 0 aromatic heterocycles. The topological polar surface area (TPSA) is 50.4 Å². The lowest BCUT2D eigenvalue weighted by atomic mass is 10.2. The first-order chi connectivity index (χ1) is 9.86. The number of hydrogen-bond donors (Lipinski definition) is 2. The Balaban J connectivity index is 1.44. The molecule has 110 valence electrons. The SMILES string of the molecule is O=C(NCCCOCCc1ccccc1)C1CCCN1. The van der Waals surface area contributed by atoms with Crippen LogP contribution in [0.5, 0.6) is 0 Å². The van der Waals surface area contributed by atoms with Gasteiger partial charge < -0.3 is 15.4 Å². The zero-order valence-electron chi connectivity index (χ0n) is 11.9. The molecule has 1 saturated heterocycles. The van der Waals surface area contributed by atoms with Gasteiger partial charge in [-0.15, -0.1) is 0 Å². The quantitative estimate of drug-likeness (QED) is 0.708. The average Bonchev–Trinajstić information content (AvgIpc) is 3.01. The largest absolute Gasteiger partial charge is 0.381 e. The van der Waals surface area contributed by atoms with E-state index in [0.29, 0.717) is 13.2 Å². The minimum atomic E-state index is 0.0222. The minimum absolute atomic E-state index is 0.0222. The molecule has 1 aliphatic rings. The molecule has 1 amide bonds. The van der Waals surface area contributed by atoms with Crippen molar-refractivity contribution in [3.8, 4) is 0 Å². The van der Waals surface area contributed by atoms with Gasteiger partial charge in [0, 0.05) is 13.2 Å². The standard InChI is InChI=1S/C16H24N2O2/c19-16(15-8-4-10-17-15)18-11-5-12-20-13-9-14-6-2-1-3-7-14/h1-3,6-7,15,17H,4-5,8-13H2,(H,18,19). The Labute approximate surface area is 120 Å². The second-order valence-electron chi connectivity index (χ2n) is 5.14. The van der Waals surface area contributed by atoms with Crippen LogP contribution in [0.1, 0.15) is 24.8 Å². The van der Waals surface area contributed by atoms with E-state index in [0.717, 1.165) is 38.8 Å². The van der Waals surface area contributed by atoms with Gasteiger partial charge in [-0.1, -0.05) is 30.3 Å². The molecule has 2 N–H and O–H groups in total. The summed E-state index contributed by atoms with van der Waals surface area (Å²) in [5.74, 6) is 0.131. The summed E-state index contributed by atoms with van der Waals surface area (Å²) in [4.78, 5) is 11.7. The van der Waals surface area contributed by atoms with Gasteiger partial charge in [0.05, 0.1) is 12.6 Å². The molecular weight excluding hydrogens is 252 g/mol. The van der Waals surface area contributed by atoms with Crippen LogP contribution in [0.4, 0.5) is 0 Å². The molecule has 1 aromatic rings. The molecule has 20 heavy (non-hydrogen) atoms. The van der Waals surface area contributed by atoms with Crippen molar-refractivity contribution in [3.63, 3.8) is 0 Å². The molecule has 1 fully saturated rings. The Morgan fingerprint density at radius 2 is 2.15 bits per heavy atom. The summed E-state index contributed by atoms with van der Waals surface area (Å²) in [5, 5.41) is 6.14. The first-order valence-electron chi connectivity index (χ1n) is 7.49. The summed E-state index contributed by atoms with van der Waals surface area (Å²) in [7, 11) is 0. The van der Waals surface area contributed by atoms with Gasteiger partial charge in [-0.25, -0.2) is 0 Å². The molecular formula is C16H24N2O2. The van der Waals surface area contributed by atoms with E-state index in [1.54, 1.807) is 0 Å². The number of ether oxygens (including phenoxy) is 1. The van der Waals surface area contributed by atoms with Crippen LogP contribution in [0.25, 0.3) is 0 Å². The van der Waals surface area contributed by atoms with E-state index in [-0.39, 0.29) is 11.9 Å². The molecule has 1 atom stereocenters. The first-order valence-corrected chi connectivity index (χ1v) is 7.49. The lowest BCUT2D eigenvalue weighted by Crippen LogP contribution is -2.40. The molecule has 0 radical (unpaired) electrons. The molecule has 4 nitrogen and oxygen atoms in total. The molecule has 0 spiro atoms. The summed E-state index contributed by atoms with van der Waals surface area (Å²) >= 11 is 0. The second kappa shape index (κ2) is 8.72. The van der Waals surface area contributed by atoms with Crippen LogP contribution in [0.2, 0.25) is 0 Å². The lowest BCUT2D eigenvalue weighted by molar-refractivity contribution is -0.122. The summed E-state index contributed by atoms with van der Waals surface area (Å²) in [6.45, 7) is 3.09. The number of benzene rings is 1. The monoisotopic (exact) mass is 276 g/mol. The maximum atomic E-state index is 11.7. The normalized spacial score (nSPS) is 18.1. The number of carbonyl (C=O) groups is 1. The summed E-state index contributed by atoms with van der Waals surface area (Å²) in [6, 6.07) is 10.3. The third-order valence-corrected chi connectivity index (χ3v) is 3.52. The van der Waals surface area contributed by atoms with Gasteiger partial charge in [0.2, 0.25) is 5.91 Å². The average molecular weight is 276 g/mol. The van der Waals surface area contributed by atoms with Crippen molar-refractivity contribution in [2.45, 2.75) is 31.7 Å². The van der Waals surface area contributed by atoms with Crippen molar-refractivity contribution in [3.05, 3.63) is 35.9 Å². The molecule has 1 unspecified atom stereocenters. The van der Waals surface area contributed by atoms with E-state index in [2.05, 4.69) is 22.8 Å². The maximum absolute atomic E-state index is 11.7. The van der Waals surface area contributed by atoms with Gasteiger partial charge in [0.1, 0.15) is 0 Å². The number of carbonyl (C=O) groups excluding carboxylic acids is 1. The van der Waals surface area contributed by atoms with Gasteiger partial charge in [0.15, 0.2) is 0 Å². The molecule has 2 rings (SSSR count). The van der Waals surface area contributed by atoms with Crippen LogP contribution in [-0.2, 0) is 16.0 Å². The minimum Gasteiger partial charge on any atom is -0.381 e. The van der Waals surface area contributed by atoms with Crippen LogP contribution in [0.15, 0.2) is 30.3 Å². The Bertz CT molecular complexity index is 389. The molecule has 0 saturated carbocycles. The smallest absolute Gasteiger partial charge is 0.237 e. The van der Waals surface area contributed by atoms with Crippen molar-refractivity contribution < 1.29 is 9.53 Å². The fourth-order valence-electron chi connectivity index (χ4n) is 2.35. The summed E-state index contributed by atoms with van der Waals surface area (Å²) in [5.41, 5.74) is 1.30. The highest BCUT2D eigenvalue weighted by Crippen LogP contribution is 2.04. The van der Waals surface area contributed by atoms with Crippen molar-refractivity contribution in [1.29, 1.82) is 0 Å². The lowest BCUT2D eigenvalue weighted by Gasteiger charge is -2.11. The van der Waals surface area contributed by atoms with E-state index < -0.39 is 0 Å². The Morgan fingerprint density at radius 1 is 1.30 bits per heavy atom. The fourth-order valence-corrected chi connectivity index (χ4v) is 2.35. The highest BCUT2D eigenvalue weighted by atomic mass is 16.5. The van der Waals surface area contributed by atoms with Gasteiger partial charge in [-0.05, 0) is 37.8 Å². The van der Waals surface area contributed by atoms with E-state index in [1.165, 1.54) is 5.56 Å². The molecule has 1 aromatic carbocycles. The third kappa shape index (κ3) is 5.31. The predicted molar refractivity (Wildman–Crippen MR) is 79.6 cm³/mol. The summed E-state index contributed by atoms with van der Waals surface area (Å²) < 4.78 is 5.58. The van der Waals surface area contributed by atoms with Gasteiger partial charge in [-0.2, -0.15) is 0 Å². The van der Waals surface area contributed by atoms with Crippen molar-refractivity contribution in [2.24, 2.45) is 0 Å². The van der Waals surface area contributed by atoms with E-state index in [9.17, 15) is 4.79 Å². The molecule has 0 aliphatic carbocycles. The Hall–Kier alpha value is -1.39. The van der Waals surface area contributed by atoms with Gasteiger partial charge in [-0.3, -0.25) is 4.79 Å². The Kier molecular flexibility index (Phi) is 6.54. The predicted octanol–water partition coefficient (Wildman–Crippen LogP) is 1.50. The van der Waals surface area contributed by atoms with Gasteiger partial charge in [0.25, 0.3) is 0 Å². The zero-order valence-corrected chi connectivity index (χ0v) is 11.9. The molecule has 1 heterocycles. The molecule has 4 heteroatoms. The van der Waals surface area contributed by atoms with E-state index in [4.69, 9.17) is 4.74 Å². The van der Waals surface area contributed by atoms with Crippen LogP contribution < -0.4 is 10.6 Å². The van der Waals surface area contributed by atoms with E-state index >= 15 is 0 Å². The Morgan fingerprint density at radius 3 is 2.90 bits per heavy atom. The van der Waals surface area contributed by atoms with E-state index in [1.807, 2.05) is 18.2 Å². The van der Waals surface area contributed by atoms with Gasteiger partial charge >= 0.3 is 0 Å². The van der Waals surface area contributed by atoms with Crippen LogP contribution >= 0.6 is 0 Å². The third-order valence-electron chi connectivity index (χ3n) is 3.52. The first kappa shape index (κ1) is 15.0. The number of nitrogens with one attached hydrogen (secondary N) is 2. The van der Waals surface area contributed by atoms with Crippen molar-refractivity contribution in [1.82, 2.24) is 10.6 Å². The summed E-state index contributed by atoms with van der Waals surface area (Å²) in [6.07, 6.45) is 3.87. The zero-order chi connectivity index (χ0) is 14.0. The van der Waals surface area contributed by atoms with Crippen molar-refractivity contribution >= 4 is 5.91 Å². The number of hydrogen-bond acceptors (Lipinski definition) is 3. The van der Waals surface area contributed by atoms with Crippen LogP contribution in [-0.4, -0.2) is 38.3 Å².